The normalized spacial score (nSPS) is 10.4. The summed E-state index contributed by atoms with van der Waals surface area (Å²) in [7, 11) is 0. The van der Waals surface area contributed by atoms with Gasteiger partial charge in [0.15, 0.2) is 0 Å². The summed E-state index contributed by atoms with van der Waals surface area (Å²) in [6, 6.07) is 6.80. The largest absolute Gasteiger partial charge is 0.432 e. The molecule has 1 aromatic carbocycles. The Kier molecular flexibility index (Phi) is 4.49. The van der Waals surface area contributed by atoms with E-state index in [1.807, 2.05) is 26.0 Å². The number of ether oxygens (including phenoxy) is 1. The van der Waals surface area contributed by atoms with Crippen LogP contribution in [0.5, 0.6) is 11.6 Å². The number of hydrogen-bond donors (Lipinski definition) is 1. The Morgan fingerprint density at radius 1 is 1.33 bits per heavy atom. The van der Waals surface area contributed by atoms with Crippen molar-refractivity contribution < 1.29 is 9.66 Å². The number of nitrogens with two attached hydrogens (primary N) is 1. The molecule has 0 saturated heterocycles. The zero-order chi connectivity index (χ0) is 15.4. The van der Waals surface area contributed by atoms with E-state index in [2.05, 4.69) is 4.98 Å². The molecule has 21 heavy (non-hydrogen) atoms. The van der Waals surface area contributed by atoms with E-state index in [0.29, 0.717) is 12.4 Å². The second-order valence-corrected chi connectivity index (χ2v) is 4.68. The fourth-order valence-electron chi connectivity index (χ4n) is 1.95. The summed E-state index contributed by atoms with van der Waals surface area (Å²) in [6.45, 7) is 4.16. The Morgan fingerprint density at radius 2 is 2.10 bits per heavy atom. The summed E-state index contributed by atoms with van der Waals surface area (Å²) >= 11 is 0. The van der Waals surface area contributed by atoms with Gasteiger partial charge in [-0.25, -0.2) is 4.98 Å². The number of hydrogen-bond acceptors (Lipinski definition) is 5. The zero-order valence-corrected chi connectivity index (χ0v) is 12.0. The molecular formula is C15H17N3O3. The van der Waals surface area contributed by atoms with Crippen LogP contribution in [-0.2, 0) is 13.0 Å². The van der Waals surface area contributed by atoms with Crippen molar-refractivity contribution in [1.82, 2.24) is 4.98 Å². The van der Waals surface area contributed by atoms with E-state index in [0.717, 1.165) is 23.1 Å². The maximum atomic E-state index is 11.2. The van der Waals surface area contributed by atoms with Crippen molar-refractivity contribution in [3.63, 3.8) is 0 Å². The van der Waals surface area contributed by atoms with Crippen LogP contribution < -0.4 is 10.5 Å². The van der Waals surface area contributed by atoms with Gasteiger partial charge >= 0.3 is 5.69 Å². The van der Waals surface area contributed by atoms with Crippen LogP contribution in [0.25, 0.3) is 0 Å². The minimum atomic E-state index is -0.446. The molecule has 110 valence electrons. The molecule has 6 heteroatoms. The fourth-order valence-corrected chi connectivity index (χ4v) is 1.95. The van der Waals surface area contributed by atoms with Crippen molar-refractivity contribution in [3.05, 3.63) is 57.3 Å². The number of nitro groups is 1. The summed E-state index contributed by atoms with van der Waals surface area (Å²) in [6.07, 6.45) is 2.33. The average Bonchev–Trinajstić information content (AvgIpc) is 2.49. The Hall–Kier alpha value is -2.47. The fraction of sp³-hybridized carbons (Fsp3) is 0.267. The topological polar surface area (TPSA) is 91.3 Å². The first-order valence-electron chi connectivity index (χ1n) is 6.66. The lowest BCUT2D eigenvalue weighted by atomic mass is 10.1. The lowest BCUT2D eigenvalue weighted by Gasteiger charge is -2.09. The predicted octanol–water partition coefficient (Wildman–Crippen LogP) is 3.11. The first-order valence-corrected chi connectivity index (χ1v) is 6.66. The van der Waals surface area contributed by atoms with Crippen LogP contribution in [0.15, 0.2) is 30.5 Å². The molecule has 1 heterocycles. The van der Waals surface area contributed by atoms with Gasteiger partial charge < -0.3 is 10.5 Å². The molecule has 0 radical (unpaired) electrons. The maximum Gasteiger partial charge on any atom is 0.311 e. The molecule has 1 aromatic heterocycles. The second kappa shape index (κ2) is 6.32. The molecule has 6 nitrogen and oxygen atoms in total. The van der Waals surface area contributed by atoms with Crippen molar-refractivity contribution in [1.29, 1.82) is 0 Å². The molecule has 2 aromatic rings. The number of nitro benzene ring substituents is 1. The summed E-state index contributed by atoms with van der Waals surface area (Å²) in [5, 5.41) is 11.2. The van der Waals surface area contributed by atoms with E-state index in [9.17, 15) is 10.1 Å². The van der Waals surface area contributed by atoms with Gasteiger partial charge in [0.1, 0.15) is 0 Å². The molecule has 0 bridgehead atoms. The van der Waals surface area contributed by atoms with E-state index < -0.39 is 4.92 Å². The first kappa shape index (κ1) is 14.9. The molecule has 0 aliphatic rings. The second-order valence-electron chi connectivity index (χ2n) is 4.68. The van der Waals surface area contributed by atoms with Crippen LogP contribution >= 0.6 is 0 Å². The third-order valence-electron chi connectivity index (χ3n) is 3.16. The van der Waals surface area contributed by atoms with Crippen molar-refractivity contribution in [2.75, 3.05) is 0 Å². The lowest BCUT2D eigenvalue weighted by Crippen LogP contribution is -2.00. The summed E-state index contributed by atoms with van der Waals surface area (Å²) in [5.74, 6) is 0.535. The lowest BCUT2D eigenvalue weighted by molar-refractivity contribution is -0.385. The van der Waals surface area contributed by atoms with E-state index in [1.54, 1.807) is 12.3 Å². The highest BCUT2D eigenvalue weighted by Gasteiger charge is 2.17. The Labute approximate surface area is 122 Å². The quantitative estimate of drug-likeness (QED) is 0.674. The molecule has 0 fully saturated rings. The summed E-state index contributed by atoms with van der Waals surface area (Å²) < 4.78 is 5.61. The number of rotatable bonds is 5. The summed E-state index contributed by atoms with van der Waals surface area (Å²) in [4.78, 5) is 14.9. The number of aromatic nitrogens is 1. The van der Waals surface area contributed by atoms with E-state index in [1.165, 1.54) is 6.07 Å². The minimum absolute atomic E-state index is 0.0570. The molecule has 0 amide bonds. The zero-order valence-electron chi connectivity index (χ0n) is 12.0. The van der Waals surface area contributed by atoms with Crippen molar-refractivity contribution in [3.8, 4) is 11.6 Å². The number of aryl methyl sites for hydroxylation is 2. The Morgan fingerprint density at radius 3 is 2.67 bits per heavy atom. The Bertz CT molecular complexity index is 671. The highest BCUT2D eigenvalue weighted by molar-refractivity contribution is 5.50. The van der Waals surface area contributed by atoms with Crippen molar-refractivity contribution in [2.24, 2.45) is 5.73 Å². The van der Waals surface area contributed by atoms with Gasteiger partial charge in [0.2, 0.25) is 11.6 Å². The van der Waals surface area contributed by atoms with Gasteiger partial charge in [0, 0.05) is 24.4 Å². The van der Waals surface area contributed by atoms with Gasteiger partial charge in [-0.1, -0.05) is 13.0 Å². The average molecular weight is 287 g/mol. The van der Waals surface area contributed by atoms with Crippen LogP contribution in [-0.4, -0.2) is 9.91 Å². The number of pyridine rings is 1. The maximum absolute atomic E-state index is 11.2. The molecule has 0 aliphatic heterocycles. The molecule has 2 N–H and O–H groups in total. The third-order valence-corrected chi connectivity index (χ3v) is 3.16. The third kappa shape index (κ3) is 3.35. The van der Waals surface area contributed by atoms with Gasteiger partial charge in [-0.3, -0.25) is 10.1 Å². The summed E-state index contributed by atoms with van der Waals surface area (Å²) in [5.41, 5.74) is 8.05. The van der Waals surface area contributed by atoms with Crippen LogP contribution in [0.4, 0.5) is 5.69 Å². The minimum Gasteiger partial charge on any atom is -0.432 e. The smallest absolute Gasteiger partial charge is 0.311 e. The number of benzene rings is 1. The molecule has 0 saturated carbocycles. The van der Waals surface area contributed by atoms with Crippen LogP contribution in [0.2, 0.25) is 0 Å². The molecule has 0 unspecified atom stereocenters. The molecule has 0 aliphatic carbocycles. The van der Waals surface area contributed by atoms with Crippen LogP contribution in [0, 0.1) is 17.0 Å². The highest BCUT2D eigenvalue weighted by atomic mass is 16.6. The number of nitrogens with zero attached hydrogens (tertiary/aromatic N) is 2. The van der Waals surface area contributed by atoms with E-state index in [-0.39, 0.29) is 11.4 Å². The van der Waals surface area contributed by atoms with Gasteiger partial charge in [-0.05, 0) is 36.6 Å². The van der Waals surface area contributed by atoms with Gasteiger partial charge in [-0.15, -0.1) is 0 Å². The molecule has 0 atom stereocenters. The van der Waals surface area contributed by atoms with E-state index in [4.69, 9.17) is 10.5 Å². The molecular weight excluding hydrogens is 270 g/mol. The highest BCUT2D eigenvalue weighted by Crippen LogP contribution is 2.32. The monoisotopic (exact) mass is 287 g/mol. The van der Waals surface area contributed by atoms with Crippen molar-refractivity contribution >= 4 is 5.69 Å². The SMILES string of the molecule is CCc1ccc(Oc2ncc(CN)cc2C)c([N+](=O)[O-])c1. The predicted molar refractivity (Wildman–Crippen MR) is 79.4 cm³/mol. The molecule has 0 spiro atoms. The van der Waals surface area contributed by atoms with Crippen LogP contribution in [0.3, 0.4) is 0 Å². The molecule has 2 rings (SSSR count). The van der Waals surface area contributed by atoms with Crippen LogP contribution in [0.1, 0.15) is 23.6 Å². The standard InChI is InChI=1S/C15H17N3O3/c1-3-11-4-5-14(13(7-11)18(19)20)21-15-10(2)6-12(8-16)9-17-15/h4-7,9H,3,8,16H2,1-2H3. The van der Waals surface area contributed by atoms with Crippen molar-refractivity contribution in [2.45, 2.75) is 26.8 Å². The Balaban J connectivity index is 2.37. The van der Waals surface area contributed by atoms with Gasteiger partial charge in [-0.2, -0.15) is 0 Å². The van der Waals surface area contributed by atoms with Gasteiger partial charge in [0.05, 0.1) is 4.92 Å². The first-order chi connectivity index (χ1) is 10.0. The van der Waals surface area contributed by atoms with Gasteiger partial charge in [0.25, 0.3) is 0 Å². The van der Waals surface area contributed by atoms with E-state index >= 15 is 0 Å².